The largest absolute Gasteiger partial charge is 0.320 e. The van der Waals surface area contributed by atoms with Crippen LogP contribution >= 0.6 is 22.9 Å². The number of aryl methyl sites for hydroxylation is 1. The minimum absolute atomic E-state index is 0.250. The number of aromatic nitrogens is 1. The SMILES string of the molecule is Cc1csc(NC(=O)c2ccc(C#CCN)c(Cl)c2)n1. The van der Waals surface area contributed by atoms with Gasteiger partial charge < -0.3 is 5.73 Å². The first-order chi connectivity index (χ1) is 9.60. The van der Waals surface area contributed by atoms with Crippen molar-refractivity contribution in [2.75, 3.05) is 11.9 Å². The van der Waals surface area contributed by atoms with Crippen molar-refractivity contribution < 1.29 is 4.79 Å². The van der Waals surface area contributed by atoms with Crippen molar-refractivity contribution in [2.24, 2.45) is 5.73 Å². The summed E-state index contributed by atoms with van der Waals surface area (Å²) >= 11 is 7.46. The number of carbonyl (C=O) groups is 1. The minimum atomic E-state index is -0.250. The van der Waals surface area contributed by atoms with E-state index < -0.39 is 0 Å². The summed E-state index contributed by atoms with van der Waals surface area (Å²) < 4.78 is 0. The zero-order valence-corrected chi connectivity index (χ0v) is 12.3. The molecule has 0 saturated carbocycles. The number of nitrogens with zero attached hydrogens (tertiary/aromatic N) is 1. The van der Waals surface area contributed by atoms with Crippen LogP contribution in [0.3, 0.4) is 0 Å². The van der Waals surface area contributed by atoms with Crippen molar-refractivity contribution in [3.63, 3.8) is 0 Å². The van der Waals surface area contributed by atoms with Crippen molar-refractivity contribution >= 4 is 34.0 Å². The molecule has 0 spiro atoms. The summed E-state index contributed by atoms with van der Waals surface area (Å²) in [5, 5.41) is 5.58. The van der Waals surface area contributed by atoms with Crippen LogP contribution in [0.1, 0.15) is 21.6 Å². The van der Waals surface area contributed by atoms with Gasteiger partial charge in [-0.05, 0) is 25.1 Å². The van der Waals surface area contributed by atoms with E-state index >= 15 is 0 Å². The van der Waals surface area contributed by atoms with Gasteiger partial charge in [0, 0.05) is 16.5 Å². The number of rotatable bonds is 2. The first-order valence-corrected chi connectivity index (χ1v) is 7.08. The second-order valence-corrected chi connectivity index (χ2v) is 5.21. The Kier molecular flexibility index (Phi) is 4.74. The molecule has 1 aromatic carbocycles. The number of halogens is 1. The highest BCUT2D eigenvalue weighted by atomic mass is 35.5. The van der Waals surface area contributed by atoms with Gasteiger partial charge in [0.25, 0.3) is 5.91 Å². The maximum Gasteiger partial charge on any atom is 0.257 e. The van der Waals surface area contributed by atoms with Crippen LogP contribution in [-0.4, -0.2) is 17.4 Å². The third-order valence-corrected chi connectivity index (χ3v) is 3.58. The van der Waals surface area contributed by atoms with Gasteiger partial charge >= 0.3 is 0 Å². The molecule has 20 heavy (non-hydrogen) atoms. The lowest BCUT2D eigenvalue weighted by Gasteiger charge is -2.03. The van der Waals surface area contributed by atoms with Crippen molar-refractivity contribution in [1.82, 2.24) is 4.98 Å². The minimum Gasteiger partial charge on any atom is -0.320 e. The van der Waals surface area contributed by atoms with Crippen LogP contribution in [-0.2, 0) is 0 Å². The molecule has 0 unspecified atom stereocenters. The van der Waals surface area contributed by atoms with Gasteiger partial charge in [-0.3, -0.25) is 10.1 Å². The third-order valence-electron chi connectivity index (χ3n) is 2.40. The van der Waals surface area contributed by atoms with E-state index in [2.05, 4.69) is 22.1 Å². The number of anilines is 1. The van der Waals surface area contributed by atoms with Gasteiger partial charge in [0.2, 0.25) is 0 Å². The van der Waals surface area contributed by atoms with Crippen molar-refractivity contribution in [1.29, 1.82) is 0 Å². The first kappa shape index (κ1) is 14.5. The summed E-state index contributed by atoms with van der Waals surface area (Å²) in [7, 11) is 0. The lowest BCUT2D eigenvalue weighted by atomic mass is 10.1. The molecule has 0 atom stereocenters. The van der Waals surface area contributed by atoms with Crippen LogP contribution in [0.25, 0.3) is 0 Å². The second kappa shape index (κ2) is 6.53. The van der Waals surface area contributed by atoms with Crippen molar-refractivity contribution in [3.8, 4) is 11.8 Å². The Morgan fingerprint density at radius 1 is 1.55 bits per heavy atom. The first-order valence-electron chi connectivity index (χ1n) is 5.82. The molecule has 0 aliphatic rings. The molecule has 6 heteroatoms. The van der Waals surface area contributed by atoms with Gasteiger partial charge in [0.05, 0.1) is 17.3 Å². The Labute approximate surface area is 126 Å². The Morgan fingerprint density at radius 3 is 2.95 bits per heavy atom. The fourth-order valence-corrected chi connectivity index (χ4v) is 2.40. The quantitative estimate of drug-likeness (QED) is 0.838. The van der Waals surface area contributed by atoms with Crippen molar-refractivity contribution in [2.45, 2.75) is 6.92 Å². The Bertz CT molecular complexity index is 700. The molecule has 0 saturated heterocycles. The van der Waals surface area contributed by atoms with E-state index in [0.717, 1.165) is 5.69 Å². The summed E-state index contributed by atoms with van der Waals surface area (Å²) in [6, 6.07) is 4.95. The fraction of sp³-hybridized carbons (Fsp3) is 0.143. The molecule has 4 nitrogen and oxygen atoms in total. The van der Waals surface area contributed by atoms with Crippen molar-refractivity contribution in [3.05, 3.63) is 45.4 Å². The summed E-state index contributed by atoms with van der Waals surface area (Å²) in [4.78, 5) is 16.2. The highest BCUT2D eigenvalue weighted by Crippen LogP contribution is 2.19. The number of hydrogen-bond donors (Lipinski definition) is 2. The van der Waals surface area contributed by atoms with E-state index in [1.165, 1.54) is 11.3 Å². The Morgan fingerprint density at radius 2 is 2.35 bits per heavy atom. The van der Waals surface area contributed by atoms with Crippen LogP contribution in [0.5, 0.6) is 0 Å². The molecule has 1 amide bonds. The monoisotopic (exact) mass is 305 g/mol. The third kappa shape index (κ3) is 3.58. The fourth-order valence-electron chi connectivity index (χ4n) is 1.48. The predicted octanol–water partition coefficient (Wildman–Crippen LogP) is 2.67. The number of carbonyl (C=O) groups excluding carboxylic acids is 1. The van der Waals surface area contributed by atoms with E-state index in [1.807, 2.05) is 12.3 Å². The van der Waals surface area contributed by atoms with Gasteiger partial charge in [-0.1, -0.05) is 23.4 Å². The van der Waals surface area contributed by atoms with E-state index in [-0.39, 0.29) is 12.5 Å². The van der Waals surface area contributed by atoms with Crippen LogP contribution in [0, 0.1) is 18.8 Å². The summed E-state index contributed by atoms with van der Waals surface area (Å²) in [6.45, 7) is 2.13. The average Bonchev–Trinajstić information content (AvgIpc) is 2.82. The number of nitrogens with two attached hydrogens (primary N) is 1. The van der Waals surface area contributed by atoms with E-state index in [1.54, 1.807) is 18.2 Å². The molecule has 0 bridgehead atoms. The molecule has 0 aliphatic heterocycles. The zero-order chi connectivity index (χ0) is 14.5. The Balaban J connectivity index is 2.16. The number of thiazole rings is 1. The van der Waals surface area contributed by atoms with Gasteiger partial charge in [-0.15, -0.1) is 11.3 Å². The number of amides is 1. The molecule has 0 aliphatic carbocycles. The molecule has 1 aromatic heterocycles. The van der Waals surface area contributed by atoms with Crippen LogP contribution in [0.15, 0.2) is 23.6 Å². The molecule has 2 rings (SSSR count). The van der Waals surface area contributed by atoms with Gasteiger partial charge in [-0.2, -0.15) is 0 Å². The molecule has 2 aromatic rings. The van der Waals surface area contributed by atoms with Gasteiger partial charge in [0.1, 0.15) is 0 Å². The molecular weight excluding hydrogens is 294 g/mol. The van der Waals surface area contributed by atoms with E-state index in [4.69, 9.17) is 17.3 Å². The summed E-state index contributed by atoms with van der Waals surface area (Å²) in [5.41, 5.74) is 7.29. The highest BCUT2D eigenvalue weighted by Gasteiger charge is 2.10. The lowest BCUT2D eigenvalue weighted by molar-refractivity contribution is 0.102. The number of benzene rings is 1. The van der Waals surface area contributed by atoms with Gasteiger partial charge in [-0.25, -0.2) is 4.98 Å². The molecule has 102 valence electrons. The maximum absolute atomic E-state index is 12.0. The predicted molar refractivity (Wildman–Crippen MR) is 82.2 cm³/mol. The summed E-state index contributed by atoms with van der Waals surface area (Å²) in [6.07, 6.45) is 0. The zero-order valence-electron chi connectivity index (χ0n) is 10.7. The van der Waals surface area contributed by atoms with E-state index in [0.29, 0.717) is 21.3 Å². The van der Waals surface area contributed by atoms with Crippen LogP contribution < -0.4 is 11.1 Å². The lowest BCUT2D eigenvalue weighted by Crippen LogP contribution is -2.11. The molecule has 3 N–H and O–H groups in total. The standard InChI is InChI=1S/C14H12ClN3OS/c1-9-8-20-14(17-9)18-13(19)11-5-4-10(3-2-6-16)12(15)7-11/h4-5,7-8H,6,16H2,1H3,(H,17,18,19). The normalized spacial score (nSPS) is 9.75. The number of nitrogens with one attached hydrogen (secondary N) is 1. The molecule has 1 heterocycles. The molecule has 0 radical (unpaired) electrons. The smallest absolute Gasteiger partial charge is 0.257 e. The highest BCUT2D eigenvalue weighted by molar-refractivity contribution is 7.13. The van der Waals surface area contributed by atoms with Crippen LogP contribution in [0.4, 0.5) is 5.13 Å². The number of hydrogen-bond acceptors (Lipinski definition) is 4. The second-order valence-electron chi connectivity index (χ2n) is 3.95. The maximum atomic E-state index is 12.0. The summed E-state index contributed by atoms with van der Waals surface area (Å²) in [5.74, 6) is 5.31. The van der Waals surface area contributed by atoms with Gasteiger partial charge in [0.15, 0.2) is 5.13 Å². The molecule has 0 fully saturated rings. The molecular formula is C14H12ClN3OS. The average molecular weight is 306 g/mol. The van der Waals surface area contributed by atoms with E-state index in [9.17, 15) is 4.79 Å². The Hall–Kier alpha value is -1.87. The topological polar surface area (TPSA) is 68.0 Å². The van der Waals surface area contributed by atoms with Crippen LogP contribution in [0.2, 0.25) is 5.02 Å².